The van der Waals surface area contributed by atoms with E-state index in [0.29, 0.717) is 18.4 Å². The molecule has 0 aromatic heterocycles. The van der Waals surface area contributed by atoms with Gasteiger partial charge in [-0.05, 0) is 55.9 Å². The Hall–Kier alpha value is -6.36. The zero-order chi connectivity index (χ0) is 48.1. The van der Waals surface area contributed by atoms with Crippen molar-refractivity contribution in [1.29, 1.82) is 0 Å². The van der Waals surface area contributed by atoms with E-state index in [9.17, 15) is 53.4 Å². The molecular formula is C41H66N12O11. The number of carbonyl (C=O) groups is 9. The summed E-state index contributed by atoms with van der Waals surface area (Å²) < 4.78 is 0. The first-order valence-corrected chi connectivity index (χ1v) is 21.2. The Labute approximate surface area is 372 Å². The van der Waals surface area contributed by atoms with E-state index in [0.717, 1.165) is 0 Å². The van der Waals surface area contributed by atoms with Gasteiger partial charge < -0.3 is 69.9 Å². The molecule has 1 heterocycles. The summed E-state index contributed by atoms with van der Waals surface area (Å²) in [7, 11) is 0. The summed E-state index contributed by atoms with van der Waals surface area (Å²) in [5.41, 5.74) is 22.3. The minimum absolute atomic E-state index is 0.0193. The van der Waals surface area contributed by atoms with Crippen molar-refractivity contribution in [2.24, 2.45) is 39.8 Å². The number of likely N-dealkylation sites (tertiary alicyclic amines) is 1. The third kappa shape index (κ3) is 18.2. The zero-order valence-corrected chi connectivity index (χ0v) is 36.8. The predicted molar refractivity (Wildman–Crippen MR) is 233 cm³/mol. The molecule has 1 aliphatic rings. The molecule has 64 heavy (non-hydrogen) atoms. The smallest absolute Gasteiger partial charge is 0.303 e. The monoisotopic (exact) mass is 902 g/mol. The fourth-order valence-electron chi connectivity index (χ4n) is 6.89. The summed E-state index contributed by atoms with van der Waals surface area (Å²) in [4.78, 5) is 124. The molecule has 23 nitrogen and oxygen atoms in total. The van der Waals surface area contributed by atoms with Gasteiger partial charge in [0.15, 0.2) is 5.96 Å². The quantitative estimate of drug-likeness (QED) is 0.0229. The van der Waals surface area contributed by atoms with Gasteiger partial charge in [-0.1, -0.05) is 58.0 Å². The van der Waals surface area contributed by atoms with Gasteiger partial charge in [0.05, 0.1) is 13.2 Å². The molecule has 16 N–H and O–H groups in total. The van der Waals surface area contributed by atoms with E-state index >= 15 is 0 Å². The number of aliphatic hydroxyl groups is 1. The Morgan fingerprint density at radius 3 is 1.89 bits per heavy atom. The van der Waals surface area contributed by atoms with Gasteiger partial charge in [0.2, 0.25) is 47.3 Å². The summed E-state index contributed by atoms with van der Waals surface area (Å²) >= 11 is 0. The maximum absolute atomic E-state index is 14.2. The van der Waals surface area contributed by atoms with E-state index in [1.165, 1.54) is 4.90 Å². The molecule has 0 aliphatic carbocycles. The van der Waals surface area contributed by atoms with Crippen molar-refractivity contribution in [1.82, 2.24) is 36.8 Å². The lowest BCUT2D eigenvalue weighted by molar-refractivity contribution is -0.142. The average Bonchev–Trinajstić information content (AvgIpc) is 3.73. The lowest BCUT2D eigenvalue weighted by atomic mass is 10.00. The number of aliphatic carboxylic acids is 1. The number of aliphatic imine (C=N–C) groups is 1. The Balaban J connectivity index is 2.42. The van der Waals surface area contributed by atoms with Crippen LogP contribution in [0.5, 0.6) is 0 Å². The minimum Gasteiger partial charge on any atom is -0.481 e. The van der Waals surface area contributed by atoms with E-state index < -0.39 is 121 Å². The Bertz CT molecular complexity index is 1810. The molecule has 8 amide bonds. The van der Waals surface area contributed by atoms with E-state index in [1.807, 2.05) is 13.8 Å². The number of hydrogen-bond acceptors (Lipinski definition) is 12. The zero-order valence-electron chi connectivity index (χ0n) is 36.8. The third-order valence-corrected chi connectivity index (χ3v) is 10.2. The molecule has 1 fully saturated rings. The topological polar surface area (TPSA) is 386 Å². The summed E-state index contributed by atoms with van der Waals surface area (Å²) in [6.07, 6.45) is -0.0150. The number of aliphatic hydroxyl groups excluding tert-OH is 1. The van der Waals surface area contributed by atoms with Crippen LogP contribution in [0.3, 0.4) is 0 Å². The molecule has 0 bridgehead atoms. The SMILES string of the molecule is CC(C)C[C@H](NC(=O)CN)C(=O)N1CCC[C@H]1C(=O)N[C@H](C(=O)N[C@@H](CCCN=C(N)N)C(=O)N[C@@H](Cc1ccccc1)C(=O)N[C@@H](CCC(=O)O)C(=O)N[C@@H](CO)C(N)=O)C(C)C. The average molecular weight is 903 g/mol. The molecule has 0 unspecified atom stereocenters. The van der Waals surface area contributed by atoms with Gasteiger partial charge in [-0.15, -0.1) is 0 Å². The Morgan fingerprint density at radius 2 is 1.34 bits per heavy atom. The van der Waals surface area contributed by atoms with Crippen molar-refractivity contribution in [2.75, 3.05) is 26.2 Å². The van der Waals surface area contributed by atoms with E-state index in [-0.39, 0.29) is 57.2 Å². The Morgan fingerprint density at radius 1 is 0.766 bits per heavy atom. The molecule has 0 spiro atoms. The standard InChI is InChI=1S/C41H66N12O11/c1-22(2)18-28(47-31(55)20-42)40(64)53-17-9-13-30(53)38(62)52-33(23(3)4)39(63)49-25(12-8-16-46-41(44)45)35(59)50-27(19-24-10-6-5-7-11-24)37(61)48-26(14-15-32(56)57)36(60)51-29(21-54)34(43)58/h5-7,10-11,22-23,25-30,33,54H,8-9,12-21,42H2,1-4H3,(H2,43,58)(H,47,55)(H,48,61)(H,49,63)(H,50,59)(H,51,60)(H,52,62)(H,56,57)(H4,44,45,46)/t25-,26-,27-,28-,29-,30-,33-/m0/s1. The van der Waals surface area contributed by atoms with Crippen molar-refractivity contribution < 1.29 is 53.4 Å². The number of primary amides is 1. The van der Waals surface area contributed by atoms with Gasteiger partial charge in [-0.2, -0.15) is 0 Å². The van der Waals surface area contributed by atoms with Crippen LogP contribution in [0.1, 0.15) is 78.2 Å². The number of nitrogens with one attached hydrogen (secondary N) is 6. The lowest BCUT2D eigenvalue weighted by Crippen LogP contribution is -2.61. The lowest BCUT2D eigenvalue weighted by Gasteiger charge is -2.31. The molecule has 1 aromatic carbocycles. The number of hydrogen-bond donors (Lipinski definition) is 12. The number of carbonyl (C=O) groups excluding carboxylic acids is 8. The van der Waals surface area contributed by atoms with Crippen LogP contribution in [-0.4, -0.2) is 143 Å². The van der Waals surface area contributed by atoms with Gasteiger partial charge in [-0.25, -0.2) is 0 Å². The van der Waals surface area contributed by atoms with Gasteiger partial charge >= 0.3 is 5.97 Å². The van der Waals surface area contributed by atoms with Gasteiger partial charge in [0.25, 0.3) is 0 Å². The van der Waals surface area contributed by atoms with Crippen LogP contribution in [0, 0.1) is 11.8 Å². The third-order valence-electron chi connectivity index (χ3n) is 10.2. The highest BCUT2D eigenvalue weighted by Crippen LogP contribution is 2.21. The number of nitrogens with zero attached hydrogens (tertiary/aromatic N) is 2. The first-order valence-electron chi connectivity index (χ1n) is 21.2. The highest BCUT2D eigenvalue weighted by molar-refractivity contribution is 5.98. The number of amides is 8. The van der Waals surface area contributed by atoms with Gasteiger partial charge in [0.1, 0.15) is 42.3 Å². The molecule has 0 radical (unpaired) electrons. The second-order valence-electron chi connectivity index (χ2n) is 16.3. The summed E-state index contributed by atoms with van der Waals surface area (Å²) in [6.45, 7) is 6.18. The number of carboxylic acid groups (broad SMARTS) is 1. The van der Waals surface area contributed by atoms with Crippen LogP contribution in [0.4, 0.5) is 0 Å². The molecule has 1 aliphatic heterocycles. The van der Waals surface area contributed by atoms with Crippen LogP contribution < -0.4 is 54.8 Å². The number of rotatable bonds is 27. The summed E-state index contributed by atoms with van der Waals surface area (Å²) in [6, 6.07) is -0.567. The molecule has 7 atom stereocenters. The number of nitrogens with two attached hydrogens (primary N) is 4. The molecule has 1 aromatic rings. The largest absolute Gasteiger partial charge is 0.481 e. The fourth-order valence-corrected chi connectivity index (χ4v) is 6.89. The molecule has 0 saturated carbocycles. The first-order chi connectivity index (χ1) is 30.2. The van der Waals surface area contributed by atoms with Crippen molar-refractivity contribution in [3.63, 3.8) is 0 Å². The van der Waals surface area contributed by atoms with Gasteiger partial charge in [-0.3, -0.25) is 48.1 Å². The molecule has 356 valence electrons. The van der Waals surface area contributed by atoms with Crippen LogP contribution in [0.15, 0.2) is 35.3 Å². The molecule has 2 rings (SSSR count). The normalized spacial score (nSPS) is 16.2. The van der Waals surface area contributed by atoms with Crippen molar-refractivity contribution in [3.8, 4) is 0 Å². The predicted octanol–water partition coefficient (Wildman–Crippen LogP) is -3.81. The maximum Gasteiger partial charge on any atom is 0.303 e. The van der Waals surface area contributed by atoms with Crippen molar-refractivity contribution >= 4 is 59.2 Å². The van der Waals surface area contributed by atoms with E-state index in [4.69, 9.17) is 22.9 Å². The Kier molecular flexibility index (Phi) is 22.7. The fraction of sp³-hybridized carbons (Fsp3) is 0.610. The maximum atomic E-state index is 14.2. The number of guanidine groups is 1. The second-order valence-corrected chi connectivity index (χ2v) is 16.3. The van der Waals surface area contributed by atoms with Gasteiger partial charge in [0, 0.05) is 25.9 Å². The van der Waals surface area contributed by atoms with Crippen LogP contribution in [0.2, 0.25) is 0 Å². The van der Waals surface area contributed by atoms with Crippen LogP contribution in [0.25, 0.3) is 0 Å². The molecular weight excluding hydrogens is 837 g/mol. The highest BCUT2D eigenvalue weighted by Gasteiger charge is 2.40. The highest BCUT2D eigenvalue weighted by atomic mass is 16.4. The van der Waals surface area contributed by atoms with Crippen molar-refractivity contribution in [3.05, 3.63) is 35.9 Å². The summed E-state index contributed by atoms with van der Waals surface area (Å²) in [5.74, 6) is -8.32. The van der Waals surface area contributed by atoms with E-state index in [2.05, 4.69) is 36.9 Å². The molecule has 23 heteroatoms. The summed E-state index contributed by atoms with van der Waals surface area (Å²) in [5, 5.41) is 34.2. The number of benzene rings is 1. The van der Waals surface area contributed by atoms with Crippen molar-refractivity contribution in [2.45, 2.75) is 121 Å². The molecule has 1 saturated heterocycles. The van der Waals surface area contributed by atoms with Crippen LogP contribution in [-0.2, 0) is 49.6 Å². The second kappa shape index (κ2) is 27.0. The van der Waals surface area contributed by atoms with E-state index in [1.54, 1.807) is 44.2 Å². The van der Waals surface area contributed by atoms with Crippen LogP contribution >= 0.6 is 0 Å². The number of carboxylic acids is 1. The first kappa shape index (κ1) is 53.8. The minimum atomic E-state index is -1.56.